The molecule has 4 heteroatoms. The van der Waals surface area contributed by atoms with E-state index >= 15 is 0 Å². The maximum absolute atomic E-state index is 8.74. The molecule has 0 radical (unpaired) electrons. The lowest BCUT2D eigenvalue weighted by atomic mass is 10.4. The molecule has 0 aliphatic rings. The number of aromatic nitrogens is 2. The zero-order valence-electron chi connectivity index (χ0n) is 6.94. The maximum Gasteiger partial charge on any atom is 0.137 e. The van der Waals surface area contributed by atoms with E-state index in [1.807, 2.05) is 28.9 Å². The summed E-state index contributed by atoms with van der Waals surface area (Å²) in [6.45, 7) is 0.144. The van der Waals surface area contributed by atoms with Gasteiger partial charge in [0, 0.05) is 29.9 Å². The molecule has 0 saturated carbocycles. The van der Waals surface area contributed by atoms with Crippen LogP contribution in [0, 0.1) is 0 Å². The van der Waals surface area contributed by atoms with Gasteiger partial charge < -0.3 is 9.51 Å². The summed E-state index contributed by atoms with van der Waals surface area (Å²) in [4.78, 5) is 4.33. The van der Waals surface area contributed by atoms with E-state index in [4.69, 9.17) is 5.11 Å². The van der Waals surface area contributed by atoms with E-state index < -0.39 is 0 Å². The Bertz CT molecular complexity index is 424. The van der Waals surface area contributed by atoms with E-state index in [2.05, 4.69) is 20.9 Å². The van der Waals surface area contributed by atoms with E-state index in [0.717, 1.165) is 15.8 Å². The Labute approximate surface area is 84.2 Å². The van der Waals surface area contributed by atoms with Crippen LogP contribution in [0.5, 0.6) is 0 Å². The highest BCUT2D eigenvalue weighted by atomic mass is 79.9. The molecule has 0 atom stereocenters. The number of hydrogen-bond donors (Lipinski definition) is 1. The van der Waals surface area contributed by atoms with Gasteiger partial charge in [0.1, 0.15) is 5.65 Å². The third-order valence-electron chi connectivity index (χ3n) is 1.83. The second-order valence-electron chi connectivity index (χ2n) is 2.82. The van der Waals surface area contributed by atoms with Crippen LogP contribution in [0.3, 0.4) is 0 Å². The first kappa shape index (κ1) is 8.72. The molecule has 0 fully saturated rings. The SMILES string of the molecule is OCCc1cn2cc(Br)ccc2n1. The second kappa shape index (κ2) is 3.47. The molecule has 13 heavy (non-hydrogen) atoms. The van der Waals surface area contributed by atoms with Gasteiger partial charge in [0.15, 0.2) is 0 Å². The molecule has 0 aliphatic heterocycles. The molecule has 2 heterocycles. The predicted molar refractivity (Wildman–Crippen MR) is 53.7 cm³/mol. The molecule has 0 spiro atoms. The number of aliphatic hydroxyl groups is 1. The Morgan fingerprint density at radius 1 is 1.38 bits per heavy atom. The molecule has 0 unspecified atom stereocenters. The number of pyridine rings is 1. The zero-order valence-corrected chi connectivity index (χ0v) is 8.53. The van der Waals surface area contributed by atoms with Gasteiger partial charge >= 0.3 is 0 Å². The largest absolute Gasteiger partial charge is 0.396 e. The van der Waals surface area contributed by atoms with Gasteiger partial charge in [-0.2, -0.15) is 0 Å². The molecule has 0 bridgehead atoms. The van der Waals surface area contributed by atoms with Crippen LogP contribution in [0.2, 0.25) is 0 Å². The van der Waals surface area contributed by atoms with Gasteiger partial charge in [0.25, 0.3) is 0 Å². The lowest BCUT2D eigenvalue weighted by Gasteiger charge is -1.91. The molecule has 2 rings (SSSR count). The van der Waals surface area contributed by atoms with Crippen molar-refractivity contribution in [3.8, 4) is 0 Å². The van der Waals surface area contributed by atoms with Crippen LogP contribution in [-0.4, -0.2) is 21.1 Å². The van der Waals surface area contributed by atoms with Crippen molar-refractivity contribution in [2.45, 2.75) is 6.42 Å². The van der Waals surface area contributed by atoms with E-state index in [0.29, 0.717) is 6.42 Å². The summed E-state index contributed by atoms with van der Waals surface area (Å²) in [5.41, 5.74) is 1.83. The van der Waals surface area contributed by atoms with Crippen LogP contribution >= 0.6 is 15.9 Å². The van der Waals surface area contributed by atoms with Crippen molar-refractivity contribution in [2.75, 3.05) is 6.61 Å². The molecule has 68 valence electrons. The van der Waals surface area contributed by atoms with Crippen molar-refractivity contribution in [3.63, 3.8) is 0 Å². The van der Waals surface area contributed by atoms with Crippen LogP contribution in [0.4, 0.5) is 0 Å². The minimum atomic E-state index is 0.144. The van der Waals surface area contributed by atoms with Crippen molar-refractivity contribution in [3.05, 3.63) is 34.7 Å². The minimum Gasteiger partial charge on any atom is -0.396 e. The van der Waals surface area contributed by atoms with Gasteiger partial charge in [-0.25, -0.2) is 4.98 Å². The lowest BCUT2D eigenvalue weighted by molar-refractivity contribution is 0.298. The fourth-order valence-corrected chi connectivity index (χ4v) is 1.60. The summed E-state index contributed by atoms with van der Waals surface area (Å²) >= 11 is 3.38. The fraction of sp³-hybridized carbons (Fsp3) is 0.222. The van der Waals surface area contributed by atoms with E-state index in [9.17, 15) is 0 Å². The standard InChI is InChI=1S/C9H9BrN2O/c10-7-1-2-9-11-8(3-4-13)6-12(9)5-7/h1-2,5-6,13H,3-4H2. The lowest BCUT2D eigenvalue weighted by Crippen LogP contribution is -1.89. The van der Waals surface area contributed by atoms with Gasteiger partial charge in [-0.1, -0.05) is 0 Å². The van der Waals surface area contributed by atoms with Crippen LogP contribution in [0.15, 0.2) is 29.0 Å². The van der Waals surface area contributed by atoms with Crippen molar-refractivity contribution in [2.24, 2.45) is 0 Å². The molecule has 2 aromatic rings. The monoisotopic (exact) mass is 240 g/mol. The number of halogens is 1. The topological polar surface area (TPSA) is 37.5 Å². The number of hydrogen-bond acceptors (Lipinski definition) is 2. The summed E-state index contributed by atoms with van der Waals surface area (Å²) in [5.74, 6) is 0. The zero-order chi connectivity index (χ0) is 9.26. The Balaban J connectivity index is 2.49. The van der Waals surface area contributed by atoms with Crippen molar-refractivity contribution in [1.29, 1.82) is 0 Å². The molecular weight excluding hydrogens is 232 g/mol. The Morgan fingerprint density at radius 3 is 3.00 bits per heavy atom. The predicted octanol–water partition coefficient (Wildman–Crippen LogP) is 1.63. The third-order valence-corrected chi connectivity index (χ3v) is 2.30. The smallest absolute Gasteiger partial charge is 0.137 e. The van der Waals surface area contributed by atoms with Crippen LogP contribution in [0.25, 0.3) is 5.65 Å². The highest BCUT2D eigenvalue weighted by Gasteiger charge is 2.00. The third kappa shape index (κ3) is 1.73. The normalized spacial score (nSPS) is 10.9. The van der Waals surface area contributed by atoms with Gasteiger partial charge in [-0.15, -0.1) is 0 Å². The van der Waals surface area contributed by atoms with Crippen LogP contribution in [-0.2, 0) is 6.42 Å². The summed E-state index contributed by atoms with van der Waals surface area (Å²) in [6.07, 6.45) is 4.48. The molecule has 0 aliphatic carbocycles. The summed E-state index contributed by atoms with van der Waals surface area (Å²) in [5, 5.41) is 8.74. The van der Waals surface area contributed by atoms with E-state index in [-0.39, 0.29) is 6.61 Å². The van der Waals surface area contributed by atoms with Gasteiger partial charge in [0.05, 0.1) is 5.69 Å². The molecule has 0 amide bonds. The van der Waals surface area contributed by atoms with Crippen molar-refractivity contribution in [1.82, 2.24) is 9.38 Å². The molecule has 3 nitrogen and oxygen atoms in total. The number of fused-ring (bicyclic) bond motifs is 1. The Hall–Kier alpha value is -0.870. The number of imidazole rings is 1. The maximum atomic E-state index is 8.74. The molecule has 1 N–H and O–H groups in total. The summed E-state index contributed by atoms with van der Waals surface area (Å²) < 4.78 is 2.96. The van der Waals surface area contributed by atoms with Gasteiger partial charge in [-0.3, -0.25) is 0 Å². The van der Waals surface area contributed by atoms with Crippen LogP contribution in [0.1, 0.15) is 5.69 Å². The van der Waals surface area contributed by atoms with Gasteiger partial charge in [0.2, 0.25) is 0 Å². The highest BCUT2D eigenvalue weighted by Crippen LogP contribution is 2.12. The average Bonchev–Trinajstić information content (AvgIpc) is 2.46. The molecule has 0 saturated heterocycles. The first-order chi connectivity index (χ1) is 6.29. The number of aliphatic hydroxyl groups excluding tert-OH is 1. The van der Waals surface area contributed by atoms with Crippen molar-refractivity contribution >= 4 is 21.6 Å². The number of rotatable bonds is 2. The van der Waals surface area contributed by atoms with E-state index in [1.165, 1.54) is 0 Å². The Morgan fingerprint density at radius 2 is 2.23 bits per heavy atom. The molecule has 0 aromatic carbocycles. The van der Waals surface area contributed by atoms with Crippen molar-refractivity contribution < 1.29 is 5.11 Å². The first-order valence-corrected chi connectivity index (χ1v) is 4.83. The highest BCUT2D eigenvalue weighted by molar-refractivity contribution is 9.10. The first-order valence-electron chi connectivity index (χ1n) is 4.03. The fourth-order valence-electron chi connectivity index (χ4n) is 1.25. The Kier molecular flexibility index (Phi) is 2.33. The van der Waals surface area contributed by atoms with Crippen LogP contribution < -0.4 is 0 Å². The average molecular weight is 241 g/mol. The second-order valence-corrected chi connectivity index (χ2v) is 3.73. The minimum absolute atomic E-state index is 0.144. The number of nitrogens with zero attached hydrogens (tertiary/aromatic N) is 2. The summed E-state index contributed by atoms with van der Waals surface area (Å²) in [6, 6.07) is 3.88. The molecular formula is C9H9BrN2O. The van der Waals surface area contributed by atoms with Gasteiger partial charge in [-0.05, 0) is 28.1 Å². The van der Waals surface area contributed by atoms with E-state index in [1.54, 1.807) is 0 Å². The molecule has 2 aromatic heterocycles. The quantitative estimate of drug-likeness (QED) is 0.867. The summed E-state index contributed by atoms with van der Waals surface area (Å²) in [7, 11) is 0.